The molecule has 0 fully saturated rings. The fourth-order valence-corrected chi connectivity index (χ4v) is 7.96. The van der Waals surface area contributed by atoms with E-state index in [-0.39, 0.29) is 24.8 Å². The standard InChI is InChI=1S/C21H29Si2.C5H5.C3H6.2ClH.Zr/c1-14-9-16-11-17-10-15(2)21(23(6,7)8)13-19(17)18(16)12-20(14)22(3,4)5;1-2-4-5-3-1;1-3-2;;;/h9,12-13H,11H2,1-8H3;1-3H,4H2;1-2H3;2*1H;/q2*-1;;;;+2/p-2. The number of benzene rings is 2. The van der Waals surface area contributed by atoms with Crippen LogP contribution in [0.4, 0.5) is 0 Å². The second-order valence-electron chi connectivity index (χ2n) is 11.2. The molecule has 0 heterocycles. The molecule has 2 aromatic carbocycles. The van der Waals surface area contributed by atoms with Crippen molar-refractivity contribution in [3.8, 4) is 11.1 Å². The van der Waals surface area contributed by atoms with Crippen LogP contribution in [0.25, 0.3) is 11.1 Å². The van der Waals surface area contributed by atoms with Crippen LogP contribution >= 0.6 is 0 Å². The monoisotopic (exact) mass is 604 g/mol. The molecule has 0 N–H and O–H groups in total. The van der Waals surface area contributed by atoms with Gasteiger partial charge in [0.1, 0.15) is 0 Å². The van der Waals surface area contributed by atoms with Gasteiger partial charge < -0.3 is 24.8 Å². The van der Waals surface area contributed by atoms with Crippen molar-refractivity contribution in [1.82, 2.24) is 0 Å². The van der Waals surface area contributed by atoms with Gasteiger partial charge in [0.15, 0.2) is 0 Å². The molecule has 0 aromatic heterocycles. The SMILES string of the molecule is C[C](C)=[Zr+2].Cc1[c-]c2c(cc1[Si](C)(C)C)-c1cc([Si](C)(C)C)c(C)cc1C2.[C-]1=CC=CC1.[Cl-].[Cl-]. The molecule has 0 bridgehead atoms. The zero-order chi connectivity index (χ0) is 24.3. The second-order valence-corrected chi connectivity index (χ2v) is 23.7. The average molecular weight is 607 g/mol. The molecule has 4 rings (SSSR count). The summed E-state index contributed by atoms with van der Waals surface area (Å²) in [6.07, 6.45) is 11.1. The summed E-state index contributed by atoms with van der Waals surface area (Å²) >= 11 is 1.55. The van der Waals surface area contributed by atoms with Crippen molar-refractivity contribution in [3.63, 3.8) is 0 Å². The third kappa shape index (κ3) is 9.29. The summed E-state index contributed by atoms with van der Waals surface area (Å²) in [6, 6.07) is 11.2. The number of halogens is 2. The van der Waals surface area contributed by atoms with Crippen LogP contribution in [0.1, 0.15) is 42.5 Å². The van der Waals surface area contributed by atoms with Crippen LogP contribution in [0.5, 0.6) is 0 Å². The summed E-state index contributed by atoms with van der Waals surface area (Å²) in [5.74, 6) is 0. The number of hydrogen-bond acceptors (Lipinski definition) is 0. The molecule has 0 aliphatic heterocycles. The van der Waals surface area contributed by atoms with Crippen LogP contribution in [-0.2, 0) is 30.7 Å². The van der Waals surface area contributed by atoms with Gasteiger partial charge in [0.2, 0.25) is 0 Å². The Hall–Kier alpha value is -0.313. The maximum atomic E-state index is 3.73. The summed E-state index contributed by atoms with van der Waals surface area (Å²) in [4.78, 5) is 0. The Labute approximate surface area is 238 Å². The first-order chi connectivity index (χ1) is 14.7. The quantitative estimate of drug-likeness (QED) is 0.300. The van der Waals surface area contributed by atoms with Crippen molar-refractivity contribution >= 4 is 29.7 Å². The van der Waals surface area contributed by atoms with Gasteiger partial charge in [0.25, 0.3) is 0 Å². The zero-order valence-electron chi connectivity index (χ0n) is 22.6. The minimum Gasteiger partial charge on any atom is -1.00 e. The van der Waals surface area contributed by atoms with E-state index in [0.29, 0.717) is 0 Å². The Morgan fingerprint density at radius 3 is 1.79 bits per heavy atom. The molecule has 0 radical (unpaired) electrons. The van der Waals surface area contributed by atoms with Crippen molar-refractivity contribution in [1.29, 1.82) is 0 Å². The first-order valence-electron chi connectivity index (χ1n) is 11.7. The average Bonchev–Trinajstić information content (AvgIpc) is 3.28. The Morgan fingerprint density at radius 2 is 1.38 bits per heavy atom. The van der Waals surface area contributed by atoms with Crippen molar-refractivity contribution < 1.29 is 49.0 Å². The van der Waals surface area contributed by atoms with E-state index in [1.54, 1.807) is 34.6 Å². The normalized spacial score (nSPS) is 12.8. The van der Waals surface area contributed by atoms with Gasteiger partial charge in [-0.25, -0.2) is 12.2 Å². The van der Waals surface area contributed by atoms with Crippen molar-refractivity contribution in [3.05, 3.63) is 70.8 Å². The van der Waals surface area contributed by atoms with Crippen molar-refractivity contribution in [2.24, 2.45) is 0 Å². The summed E-state index contributed by atoms with van der Waals surface area (Å²) in [7, 11) is -2.63. The summed E-state index contributed by atoms with van der Waals surface area (Å²) < 4.78 is 1.51. The van der Waals surface area contributed by atoms with Crippen molar-refractivity contribution in [2.45, 2.75) is 79.8 Å². The van der Waals surface area contributed by atoms with Gasteiger partial charge in [-0.1, -0.05) is 74.7 Å². The minimum atomic E-state index is -1.33. The summed E-state index contributed by atoms with van der Waals surface area (Å²) in [5.41, 5.74) is 8.71. The molecule has 0 spiro atoms. The number of rotatable bonds is 2. The molecule has 184 valence electrons. The summed E-state index contributed by atoms with van der Waals surface area (Å²) in [5, 5.41) is 3.18. The number of hydrogen-bond donors (Lipinski definition) is 0. The fourth-order valence-electron chi connectivity index (χ4n) is 4.36. The molecular weight excluding hydrogens is 567 g/mol. The smallest absolute Gasteiger partial charge is 0.0779 e. The van der Waals surface area contributed by atoms with Crippen LogP contribution in [0.3, 0.4) is 0 Å². The van der Waals surface area contributed by atoms with Gasteiger partial charge in [-0.15, -0.1) is 17.5 Å². The molecule has 0 amide bonds. The Kier molecular flexibility index (Phi) is 13.7. The Morgan fingerprint density at radius 1 is 0.853 bits per heavy atom. The van der Waals surface area contributed by atoms with E-state index in [1.165, 1.54) is 36.6 Å². The first kappa shape index (κ1) is 33.7. The largest absolute Gasteiger partial charge is 1.00 e. The van der Waals surface area contributed by atoms with Crippen LogP contribution in [0.15, 0.2) is 36.4 Å². The van der Waals surface area contributed by atoms with E-state index in [1.807, 2.05) is 12.2 Å². The zero-order valence-corrected chi connectivity index (χ0v) is 28.6. The van der Waals surface area contributed by atoms with E-state index >= 15 is 0 Å². The van der Waals surface area contributed by atoms with E-state index < -0.39 is 16.1 Å². The van der Waals surface area contributed by atoms with Crippen LogP contribution < -0.4 is 35.2 Å². The van der Waals surface area contributed by atoms with E-state index in [4.69, 9.17) is 0 Å². The van der Waals surface area contributed by atoms with E-state index in [2.05, 4.69) is 103 Å². The molecule has 0 saturated carbocycles. The molecule has 0 nitrogen and oxygen atoms in total. The Balaban J connectivity index is 0.000000840. The molecule has 2 aromatic rings. The second kappa shape index (κ2) is 13.8. The molecule has 5 heteroatoms. The van der Waals surface area contributed by atoms with Crippen LogP contribution in [0.2, 0.25) is 39.3 Å². The van der Waals surface area contributed by atoms with E-state index in [9.17, 15) is 0 Å². The predicted molar refractivity (Wildman–Crippen MR) is 147 cm³/mol. The molecule has 2 aliphatic rings. The van der Waals surface area contributed by atoms with Gasteiger partial charge in [-0.05, 0) is 18.9 Å². The predicted octanol–water partition coefficient (Wildman–Crippen LogP) is 0.824. The van der Waals surface area contributed by atoms with Gasteiger partial charge in [-0.2, -0.15) is 29.0 Å². The number of fused-ring (bicyclic) bond motifs is 3. The minimum absolute atomic E-state index is 0. The van der Waals surface area contributed by atoms with Crippen LogP contribution in [0, 0.1) is 26.0 Å². The van der Waals surface area contributed by atoms with E-state index in [0.717, 1.165) is 12.8 Å². The van der Waals surface area contributed by atoms with Gasteiger partial charge in [0.05, 0.1) is 8.07 Å². The topological polar surface area (TPSA) is 0 Å². The van der Waals surface area contributed by atoms with Gasteiger partial charge >= 0.3 is 41.3 Å². The molecule has 0 unspecified atom stereocenters. The summed E-state index contributed by atoms with van der Waals surface area (Å²) in [6.45, 7) is 23.5. The molecule has 0 atom stereocenters. The first-order valence-corrected chi connectivity index (χ1v) is 19.9. The molecule has 34 heavy (non-hydrogen) atoms. The van der Waals surface area contributed by atoms with Crippen molar-refractivity contribution in [2.75, 3.05) is 0 Å². The van der Waals surface area contributed by atoms with Crippen LogP contribution in [-0.4, -0.2) is 19.4 Å². The Bertz CT molecular complexity index is 974. The number of allylic oxidation sites excluding steroid dienone is 4. The third-order valence-corrected chi connectivity index (χ3v) is 9.96. The number of aryl methyl sites for hydroxylation is 2. The molecular formula is C29H40Cl2Si2Zr-2. The van der Waals surface area contributed by atoms with Gasteiger partial charge in [0, 0.05) is 8.07 Å². The fraction of sp³-hybridized carbons (Fsp3) is 0.414. The molecule has 0 saturated heterocycles. The maximum Gasteiger partial charge on any atom is 0.0779 e. The third-order valence-electron chi connectivity index (χ3n) is 5.67. The molecule has 2 aliphatic carbocycles. The van der Waals surface area contributed by atoms with Gasteiger partial charge in [-0.3, -0.25) is 6.08 Å². The maximum absolute atomic E-state index is 3.73.